The van der Waals surface area contributed by atoms with Crippen LogP contribution in [0.5, 0.6) is 0 Å². The average Bonchev–Trinajstić information content (AvgIpc) is 2.95. The molecule has 0 spiro atoms. The van der Waals surface area contributed by atoms with Crippen LogP contribution in [0.1, 0.15) is 48.7 Å². The normalized spacial score (nSPS) is 12.1. The van der Waals surface area contributed by atoms with Crippen LogP contribution in [0.25, 0.3) is 0 Å². The van der Waals surface area contributed by atoms with E-state index >= 15 is 0 Å². The molecule has 3 heteroatoms. The van der Waals surface area contributed by atoms with Crippen molar-refractivity contribution >= 4 is 0 Å². The number of hydrogen-bond acceptors (Lipinski definition) is 2. The summed E-state index contributed by atoms with van der Waals surface area (Å²) in [6.07, 6.45) is 3.26. The van der Waals surface area contributed by atoms with Gasteiger partial charge in [-0.15, -0.1) is 0 Å². The lowest BCUT2D eigenvalue weighted by atomic mass is 10.1. The SMILES string of the molecule is CCCNC(C)c1cccn1Cc1ccc(C#N)cc1C. The van der Waals surface area contributed by atoms with Crippen LogP contribution in [-0.4, -0.2) is 11.1 Å². The number of rotatable bonds is 6. The predicted octanol–water partition coefficient (Wildman–Crippen LogP) is 3.78. The van der Waals surface area contributed by atoms with Crippen LogP contribution in [-0.2, 0) is 6.54 Å². The Hall–Kier alpha value is -2.05. The van der Waals surface area contributed by atoms with Crippen molar-refractivity contribution in [1.29, 1.82) is 5.26 Å². The van der Waals surface area contributed by atoms with E-state index in [4.69, 9.17) is 5.26 Å². The lowest BCUT2D eigenvalue weighted by Gasteiger charge is -2.18. The van der Waals surface area contributed by atoms with E-state index in [0.29, 0.717) is 6.04 Å². The third-order valence-electron chi connectivity index (χ3n) is 3.82. The van der Waals surface area contributed by atoms with Gasteiger partial charge in [0, 0.05) is 24.5 Å². The zero-order chi connectivity index (χ0) is 15.2. The van der Waals surface area contributed by atoms with Gasteiger partial charge in [-0.2, -0.15) is 5.26 Å². The number of aromatic nitrogens is 1. The summed E-state index contributed by atoms with van der Waals surface area (Å²) >= 11 is 0. The van der Waals surface area contributed by atoms with Crippen molar-refractivity contribution in [3.63, 3.8) is 0 Å². The summed E-state index contributed by atoms with van der Waals surface area (Å²) < 4.78 is 2.28. The highest BCUT2D eigenvalue weighted by Gasteiger charge is 2.10. The number of benzene rings is 1. The van der Waals surface area contributed by atoms with Crippen LogP contribution in [0.4, 0.5) is 0 Å². The second kappa shape index (κ2) is 7.10. The van der Waals surface area contributed by atoms with Gasteiger partial charge < -0.3 is 9.88 Å². The van der Waals surface area contributed by atoms with Crippen LogP contribution in [0.15, 0.2) is 36.5 Å². The van der Waals surface area contributed by atoms with Crippen LogP contribution in [0, 0.1) is 18.3 Å². The number of hydrogen-bond donors (Lipinski definition) is 1. The van der Waals surface area contributed by atoms with Gasteiger partial charge in [-0.1, -0.05) is 13.0 Å². The highest BCUT2D eigenvalue weighted by Crippen LogP contribution is 2.18. The lowest BCUT2D eigenvalue weighted by Crippen LogP contribution is -2.22. The van der Waals surface area contributed by atoms with Gasteiger partial charge >= 0.3 is 0 Å². The first-order valence-corrected chi connectivity index (χ1v) is 7.53. The Labute approximate surface area is 127 Å². The van der Waals surface area contributed by atoms with E-state index in [1.165, 1.54) is 16.8 Å². The molecule has 2 rings (SSSR count). The van der Waals surface area contributed by atoms with E-state index in [0.717, 1.165) is 25.1 Å². The van der Waals surface area contributed by atoms with Gasteiger partial charge in [0.05, 0.1) is 11.6 Å². The molecule has 3 nitrogen and oxygen atoms in total. The number of nitrogens with zero attached hydrogens (tertiary/aromatic N) is 2. The molecule has 1 heterocycles. The molecule has 0 aliphatic heterocycles. The van der Waals surface area contributed by atoms with E-state index in [9.17, 15) is 0 Å². The zero-order valence-electron chi connectivity index (χ0n) is 13.1. The largest absolute Gasteiger partial charge is 0.346 e. The second-order valence-electron chi connectivity index (χ2n) is 5.49. The summed E-state index contributed by atoms with van der Waals surface area (Å²) in [5.41, 5.74) is 4.45. The minimum Gasteiger partial charge on any atom is -0.346 e. The summed E-state index contributed by atoms with van der Waals surface area (Å²) in [5.74, 6) is 0. The summed E-state index contributed by atoms with van der Waals surface area (Å²) in [5, 5.41) is 12.5. The Bertz CT molecular complexity index is 634. The molecule has 1 aromatic carbocycles. The third kappa shape index (κ3) is 3.74. The summed E-state index contributed by atoms with van der Waals surface area (Å²) in [6, 6.07) is 12.7. The Kier molecular flexibility index (Phi) is 5.19. The van der Waals surface area contributed by atoms with Crippen LogP contribution >= 0.6 is 0 Å². The number of nitrogens with one attached hydrogen (secondary N) is 1. The standard InChI is InChI=1S/C18H23N3/c1-4-9-20-15(3)18-6-5-10-21(18)13-17-8-7-16(12-19)11-14(17)2/h5-8,10-11,15,20H,4,9,13H2,1-3H3. The number of aryl methyl sites for hydroxylation is 1. The molecule has 1 unspecified atom stereocenters. The van der Waals surface area contributed by atoms with E-state index in [1.807, 2.05) is 12.1 Å². The highest BCUT2D eigenvalue weighted by molar-refractivity contribution is 5.37. The molecule has 0 radical (unpaired) electrons. The molecule has 110 valence electrons. The molecule has 0 saturated carbocycles. The lowest BCUT2D eigenvalue weighted by molar-refractivity contribution is 0.534. The molecular formula is C18H23N3. The number of nitriles is 1. The van der Waals surface area contributed by atoms with Gasteiger partial charge in [-0.05, 0) is 62.2 Å². The molecule has 0 aliphatic rings. The summed E-state index contributed by atoms with van der Waals surface area (Å²) in [4.78, 5) is 0. The minimum absolute atomic E-state index is 0.346. The van der Waals surface area contributed by atoms with E-state index in [-0.39, 0.29) is 0 Å². The molecule has 0 fully saturated rings. The Morgan fingerprint density at radius 1 is 1.33 bits per heavy atom. The van der Waals surface area contributed by atoms with Crippen molar-refractivity contribution < 1.29 is 0 Å². The Morgan fingerprint density at radius 3 is 2.81 bits per heavy atom. The van der Waals surface area contributed by atoms with Crippen molar-refractivity contribution in [2.24, 2.45) is 0 Å². The summed E-state index contributed by atoms with van der Waals surface area (Å²) in [7, 11) is 0. The molecule has 0 aliphatic carbocycles. The molecular weight excluding hydrogens is 258 g/mol. The molecule has 1 N–H and O–H groups in total. The summed E-state index contributed by atoms with van der Waals surface area (Å²) in [6.45, 7) is 8.32. The third-order valence-corrected chi connectivity index (χ3v) is 3.82. The molecule has 2 aromatic rings. The van der Waals surface area contributed by atoms with Gasteiger partial charge in [0.15, 0.2) is 0 Å². The molecule has 0 saturated heterocycles. The van der Waals surface area contributed by atoms with Gasteiger partial charge in [0.25, 0.3) is 0 Å². The van der Waals surface area contributed by atoms with E-state index in [2.05, 4.69) is 61.1 Å². The quantitative estimate of drug-likeness (QED) is 0.875. The minimum atomic E-state index is 0.346. The van der Waals surface area contributed by atoms with Crippen molar-refractivity contribution in [1.82, 2.24) is 9.88 Å². The first-order valence-electron chi connectivity index (χ1n) is 7.53. The zero-order valence-corrected chi connectivity index (χ0v) is 13.1. The molecule has 1 atom stereocenters. The van der Waals surface area contributed by atoms with Crippen LogP contribution in [0.3, 0.4) is 0 Å². The fourth-order valence-corrected chi connectivity index (χ4v) is 2.56. The molecule has 21 heavy (non-hydrogen) atoms. The van der Waals surface area contributed by atoms with Gasteiger partial charge in [0.2, 0.25) is 0 Å². The van der Waals surface area contributed by atoms with Crippen molar-refractivity contribution in [2.75, 3.05) is 6.54 Å². The fourth-order valence-electron chi connectivity index (χ4n) is 2.56. The van der Waals surface area contributed by atoms with Gasteiger partial charge in [0.1, 0.15) is 0 Å². The van der Waals surface area contributed by atoms with Crippen LogP contribution < -0.4 is 5.32 Å². The maximum absolute atomic E-state index is 8.95. The van der Waals surface area contributed by atoms with Crippen molar-refractivity contribution in [2.45, 2.75) is 39.8 Å². The van der Waals surface area contributed by atoms with Crippen LogP contribution in [0.2, 0.25) is 0 Å². The maximum atomic E-state index is 8.95. The average molecular weight is 281 g/mol. The predicted molar refractivity (Wildman–Crippen MR) is 86.1 cm³/mol. The topological polar surface area (TPSA) is 40.8 Å². The fraction of sp³-hybridized carbons (Fsp3) is 0.389. The second-order valence-corrected chi connectivity index (χ2v) is 5.49. The highest BCUT2D eigenvalue weighted by atomic mass is 15.0. The Morgan fingerprint density at radius 2 is 2.14 bits per heavy atom. The molecule has 1 aromatic heterocycles. The van der Waals surface area contributed by atoms with E-state index < -0.39 is 0 Å². The monoisotopic (exact) mass is 281 g/mol. The first kappa shape index (κ1) is 15.3. The first-order chi connectivity index (χ1) is 10.2. The van der Waals surface area contributed by atoms with E-state index in [1.54, 1.807) is 0 Å². The van der Waals surface area contributed by atoms with Gasteiger partial charge in [-0.25, -0.2) is 0 Å². The van der Waals surface area contributed by atoms with Crippen molar-refractivity contribution in [3.05, 3.63) is 58.9 Å². The molecule has 0 amide bonds. The molecule has 0 bridgehead atoms. The Balaban J connectivity index is 2.17. The maximum Gasteiger partial charge on any atom is 0.0991 e. The van der Waals surface area contributed by atoms with Crippen molar-refractivity contribution in [3.8, 4) is 6.07 Å². The van der Waals surface area contributed by atoms with Gasteiger partial charge in [-0.3, -0.25) is 0 Å². The smallest absolute Gasteiger partial charge is 0.0991 e.